The molecule has 0 bridgehead atoms. The van der Waals surface area contributed by atoms with Crippen molar-refractivity contribution in [2.45, 2.75) is 39.2 Å². The van der Waals surface area contributed by atoms with Crippen LogP contribution in [0.1, 0.15) is 44.7 Å². The third-order valence-electron chi connectivity index (χ3n) is 4.04. The highest BCUT2D eigenvalue weighted by Crippen LogP contribution is 2.40. The molecule has 0 radical (unpaired) electrons. The minimum atomic E-state index is 0.0277. The largest absolute Gasteiger partial charge is 0.324 e. The van der Waals surface area contributed by atoms with E-state index in [-0.39, 0.29) is 6.04 Å². The Kier molecular flexibility index (Phi) is 4.58. The molecule has 0 saturated heterocycles. The van der Waals surface area contributed by atoms with Gasteiger partial charge in [-0.2, -0.15) is 0 Å². The Bertz CT molecular complexity index is 409. The van der Waals surface area contributed by atoms with Crippen molar-refractivity contribution in [3.05, 3.63) is 33.8 Å². The molecule has 0 spiro atoms. The van der Waals surface area contributed by atoms with Gasteiger partial charge >= 0.3 is 0 Å². The maximum atomic E-state index is 6.42. The zero-order chi connectivity index (χ0) is 13.3. The van der Waals surface area contributed by atoms with Gasteiger partial charge in [-0.05, 0) is 54.7 Å². The second kappa shape index (κ2) is 5.81. The summed E-state index contributed by atoms with van der Waals surface area (Å²) >= 11 is 12.2. The lowest BCUT2D eigenvalue weighted by atomic mass is 9.72. The Hall–Kier alpha value is -0.240. The molecule has 1 aromatic carbocycles. The molecule has 0 amide bonds. The van der Waals surface area contributed by atoms with Gasteiger partial charge in [0.1, 0.15) is 0 Å². The molecule has 100 valence electrons. The predicted octanol–water partition coefficient (Wildman–Crippen LogP) is 5.07. The normalized spacial score (nSPS) is 30.2. The van der Waals surface area contributed by atoms with Crippen molar-refractivity contribution in [1.82, 2.24) is 0 Å². The molecule has 2 rings (SSSR count). The lowest BCUT2D eigenvalue weighted by molar-refractivity contribution is 0.193. The Balaban J connectivity index is 2.17. The van der Waals surface area contributed by atoms with Crippen LogP contribution in [0, 0.1) is 17.8 Å². The number of benzene rings is 1. The van der Waals surface area contributed by atoms with Crippen molar-refractivity contribution >= 4 is 23.2 Å². The van der Waals surface area contributed by atoms with Gasteiger partial charge in [0.25, 0.3) is 0 Å². The maximum absolute atomic E-state index is 6.42. The zero-order valence-electron chi connectivity index (χ0n) is 11.0. The van der Waals surface area contributed by atoms with Gasteiger partial charge in [-0.25, -0.2) is 0 Å². The predicted molar refractivity (Wildman–Crippen MR) is 79.1 cm³/mol. The second-order valence-corrected chi connectivity index (χ2v) is 6.71. The number of nitrogens with two attached hydrogens (primary N) is 1. The van der Waals surface area contributed by atoms with Crippen LogP contribution in [0.2, 0.25) is 10.0 Å². The van der Waals surface area contributed by atoms with Crippen molar-refractivity contribution < 1.29 is 0 Å². The Morgan fingerprint density at radius 3 is 2.28 bits per heavy atom. The van der Waals surface area contributed by atoms with E-state index in [4.69, 9.17) is 28.9 Å². The maximum Gasteiger partial charge on any atom is 0.0468 e. The molecular weight excluding hydrogens is 265 g/mol. The van der Waals surface area contributed by atoms with Crippen LogP contribution in [0.25, 0.3) is 0 Å². The number of hydrogen-bond acceptors (Lipinski definition) is 1. The molecule has 3 atom stereocenters. The zero-order valence-corrected chi connectivity index (χ0v) is 12.5. The van der Waals surface area contributed by atoms with E-state index in [0.717, 1.165) is 17.4 Å². The molecule has 1 fully saturated rings. The van der Waals surface area contributed by atoms with Gasteiger partial charge in [0.05, 0.1) is 0 Å². The number of halogens is 2. The molecule has 18 heavy (non-hydrogen) atoms. The van der Waals surface area contributed by atoms with Gasteiger partial charge in [0, 0.05) is 16.1 Å². The smallest absolute Gasteiger partial charge is 0.0468 e. The summed E-state index contributed by atoms with van der Waals surface area (Å²) in [6.07, 6.45) is 3.71. The van der Waals surface area contributed by atoms with E-state index in [1.54, 1.807) is 6.07 Å². The summed E-state index contributed by atoms with van der Waals surface area (Å²) in [5.41, 5.74) is 7.45. The van der Waals surface area contributed by atoms with Crippen LogP contribution in [0.15, 0.2) is 18.2 Å². The minimum Gasteiger partial charge on any atom is -0.324 e. The van der Waals surface area contributed by atoms with Gasteiger partial charge in [0.15, 0.2) is 0 Å². The van der Waals surface area contributed by atoms with Crippen LogP contribution in [-0.2, 0) is 0 Å². The van der Waals surface area contributed by atoms with Crippen molar-refractivity contribution in [3.8, 4) is 0 Å². The first-order chi connectivity index (χ1) is 8.47. The third-order valence-corrected chi connectivity index (χ3v) is 4.61. The van der Waals surface area contributed by atoms with E-state index in [9.17, 15) is 0 Å². The monoisotopic (exact) mass is 285 g/mol. The van der Waals surface area contributed by atoms with E-state index >= 15 is 0 Å². The first kappa shape index (κ1) is 14.2. The van der Waals surface area contributed by atoms with Crippen LogP contribution in [0.4, 0.5) is 0 Å². The summed E-state index contributed by atoms with van der Waals surface area (Å²) in [6.45, 7) is 4.64. The van der Waals surface area contributed by atoms with Crippen LogP contribution >= 0.6 is 23.2 Å². The molecule has 1 aromatic rings. The molecule has 0 aliphatic heterocycles. The number of hydrogen-bond donors (Lipinski definition) is 1. The fraction of sp³-hybridized carbons (Fsp3) is 0.600. The topological polar surface area (TPSA) is 26.0 Å². The van der Waals surface area contributed by atoms with Gasteiger partial charge in [-0.1, -0.05) is 43.1 Å². The average Bonchev–Trinajstić information content (AvgIpc) is 2.26. The summed E-state index contributed by atoms with van der Waals surface area (Å²) in [6, 6.07) is 5.66. The van der Waals surface area contributed by atoms with Crippen LogP contribution in [0.3, 0.4) is 0 Å². The molecule has 1 nitrogen and oxygen atoms in total. The SMILES string of the molecule is CC1CC(C)CC(C(N)c2ccc(Cl)cc2Cl)C1. The number of rotatable bonds is 2. The fourth-order valence-corrected chi connectivity index (χ4v) is 3.86. The first-order valence-electron chi connectivity index (χ1n) is 6.68. The van der Waals surface area contributed by atoms with Crippen molar-refractivity contribution in [1.29, 1.82) is 0 Å². The molecule has 0 heterocycles. The Morgan fingerprint density at radius 2 is 1.72 bits per heavy atom. The summed E-state index contributed by atoms with van der Waals surface area (Å²) in [7, 11) is 0. The minimum absolute atomic E-state index is 0.0277. The highest BCUT2D eigenvalue weighted by molar-refractivity contribution is 6.35. The fourth-order valence-electron chi connectivity index (χ4n) is 3.33. The van der Waals surface area contributed by atoms with E-state index in [0.29, 0.717) is 16.0 Å². The summed E-state index contributed by atoms with van der Waals surface area (Å²) in [5.74, 6) is 2.05. The van der Waals surface area contributed by atoms with Crippen molar-refractivity contribution in [2.24, 2.45) is 23.5 Å². The highest BCUT2D eigenvalue weighted by Gasteiger charge is 2.29. The molecule has 0 aromatic heterocycles. The van der Waals surface area contributed by atoms with E-state index < -0.39 is 0 Å². The average molecular weight is 286 g/mol. The Labute approximate surface area is 120 Å². The summed E-state index contributed by atoms with van der Waals surface area (Å²) in [5, 5.41) is 1.36. The lowest BCUT2D eigenvalue weighted by Crippen LogP contribution is -2.29. The summed E-state index contributed by atoms with van der Waals surface area (Å²) in [4.78, 5) is 0. The van der Waals surface area contributed by atoms with Crippen LogP contribution in [-0.4, -0.2) is 0 Å². The molecular formula is C15H21Cl2N. The van der Waals surface area contributed by atoms with E-state index in [2.05, 4.69) is 13.8 Å². The van der Waals surface area contributed by atoms with Crippen LogP contribution in [0.5, 0.6) is 0 Å². The van der Waals surface area contributed by atoms with Crippen molar-refractivity contribution in [3.63, 3.8) is 0 Å². The van der Waals surface area contributed by atoms with Gasteiger partial charge in [-0.3, -0.25) is 0 Å². The van der Waals surface area contributed by atoms with E-state index in [1.165, 1.54) is 19.3 Å². The highest BCUT2D eigenvalue weighted by atomic mass is 35.5. The second-order valence-electron chi connectivity index (χ2n) is 5.87. The molecule has 1 saturated carbocycles. The Morgan fingerprint density at radius 1 is 1.11 bits per heavy atom. The van der Waals surface area contributed by atoms with E-state index in [1.807, 2.05) is 12.1 Å². The third kappa shape index (κ3) is 3.20. The summed E-state index contributed by atoms with van der Waals surface area (Å²) < 4.78 is 0. The van der Waals surface area contributed by atoms with Gasteiger partial charge in [-0.15, -0.1) is 0 Å². The quantitative estimate of drug-likeness (QED) is 0.807. The van der Waals surface area contributed by atoms with Crippen LogP contribution < -0.4 is 5.73 Å². The molecule has 2 N–H and O–H groups in total. The molecule has 3 unspecified atom stereocenters. The van der Waals surface area contributed by atoms with Gasteiger partial charge in [0.2, 0.25) is 0 Å². The molecule has 3 heteroatoms. The lowest BCUT2D eigenvalue weighted by Gasteiger charge is -2.35. The molecule has 1 aliphatic carbocycles. The van der Waals surface area contributed by atoms with Gasteiger partial charge < -0.3 is 5.73 Å². The standard InChI is InChI=1S/C15H21Cl2N/c1-9-5-10(2)7-11(6-9)15(18)13-4-3-12(16)8-14(13)17/h3-4,8-11,15H,5-7,18H2,1-2H3. The first-order valence-corrected chi connectivity index (χ1v) is 7.43. The molecule has 1 aliphatic rings. The van der Waals surface area contributed by atoms with Crippen molar-refractivity contribution in [2.75, 3.05) is 0 Å².